The molecular weight excluding hydrogens is 1460 g/mol. The molecule has 15 unspecified atom stereocenters. The third kappa shape index (κ3) is 42.0. The molecule has 3 saturated heterocycles. The number of hydrogen-bond acceptors (Lipinski definition) is 24. The highest BCUT2D eigenvalue weighted by Crippen LogP contribution is 2.39. The molecule has 0 aromatic heterocycles. The summed E-state index contributed by atoms with van der Waals surface area (Å²) in [6.45, 7) is 25.0. The van der Waals surface area contributed by atoms with Crippen LogP contribution in [0.1, 0.15) is 256 Å². The number of amides is 3. The number of carbonyl (C=O) groups is 11. The van der Waals surface area contributed by atoms with Crippen molar-refractivity contribution in [2.75, 3.05) is 92.4 Å². The summed E-state index contributed by atoms with van der Waals surface area (Å²) in [5.74, 6) is -0.288. The van der Waals surface area contributed by atoms with Gasteiger partial charge in [-0.1, -0.05) is 105 Å². The maximum absolute atomic E-state index is 14.0. The topological polar surface area (TPSA) is 344 Å². The second-order valence-corrected chi connectivity index (χ2v) is 31.8. The van der Waals surface area contributed by atoms with E-state index < -0.39 is 36.3 Å². The molecule has 27 nitrogen and oxygen atoms in total. The molecule has 113 heavy (non-hydrogen) atoms. The maximum atomic E-state index is 14.0. The van der Waals surface area contributed by atoms with Crippen LogP contribution in [0.3, 0.4) is 0 Å². The van der Waals surface area contributed by atoms with E-state index in [0.29, 0.717) is 154 Å². The van der Waals surface area contributed by atoms with Gasteiger partial charge in [0.1, 0.15) is 55.1 Å². The lowest BCUT2D eigenvalue weighted by Crippen LogP contribution is -2.58. The first kappa shape index (κ1) is 99.2. The highest BCUT2D eigenvalue weighted by molar-refractivity contribution is 5.80. The van der Waals surface area contributed by atoms with Crippen LogP contribution in [-0.4, -0.2) is 200 Å². The predicted molar refractivity (Wildman–Crippen MR) is 422 cm³/mol. The van der Waals surface area contributed by atoms with Crippen LogP contribution >= 0.6 is 0 Å². The van der Waals surface area contributed by atoms with Crippen LogP contribution < -0.4 is 16.0 Å². The van der Waals surface area contributed by atoms with Crippen molar-refractivity contribution in [1.29, 1.82) is 0 Å². The zero-order chi connectivity index (χ0) is 82.9. The first-order chi connectivity index (χ1) is 54.1. The molecule has 3 aliphatic heterocycles. The van der Waals surface area contributed by atoms with Crippen molar-refractivity contribution < 1.29 is 114 Å². The standard InChI is InChI=1S/C86H141N3O24/c1-59-62(4)76(53-107-68(10)90)111-83(65(59)7)104-46-25-22-36-72(93)32-18-14-20-34-74(95)41-49-101-56-86(89-81(99)39-28-40-82(100)110-52-71-30-16-13-17-31-71,57-102-50-42-75(96)35-21-15-19-33-73(94)37-23-26-47-105-84-66(8)60(2)63(5)77(112-84)54-108-69(11)91)58-103-51-43-80(98)88-45-29-44-87-79(97)38-24-27-48-106-85-67(9)61(3)64(6)78(113-85)55-109-70(12)92/h13,16-17,30-31,59-67,76-78,83-85H,14-15,18-29,32-58H2,1-12H3,(H,87,97)(H,88,98)(H,89,99). The molecule has 3 fully saturated rings. The van der Waals surface area contributed by atoms with Crippen LogP contribution in [0.2, 0.25) is 0 Å². The average molecular weight is 1600 g/mol. The number of benzene rings is 1. The Morgan fingerprint density at radius 3 is 1.05 bits per heavy atom. The minimum atomic E-state index is -1.39. The van der Waals surface area contributed by atoms with Crippen molar-refractivity contribution in [3.63, 3.8) is 0 Å². The van der Waals surface area contributed by atoms with Crippen molar-refractivity contribution >= 4 is 64.7 Å². The number of carbonyl (C=O) groups excluding carboxylic acids is 11. The van der Waals surface area contributed by atoms with Crippen molar-refractivity contribution in [3.8, 4) is 0 Å². The highest BCUT2D eigenvalue weighted by Gasteiger charge is 2.43. The normalized spacial score (nSPS) is 24.1. The van der Waals surface area contributed by atoms with Crippen molar-refractivity contribution in [2.45, 2.75) is 299 Å². The van der Waals surface area contributed by atoms with Gasteiger partial charge in [-0.3, -0.25) is 52.7 Å². The molecular formula is C86H141N3O24. The number of esters is 4. The van der Waals surface area contributed by atoms with Gasteiger partial charge in [0.25, 0.3) is 0 Å². The molecule has 3 aliphatic rings. The summed E-state index contributed by atoms with van der Waals surface area (Å²) in [7, 11) is 0. The van der Waals surface area contributed by atoms with Crippen LogP contribution in [0.5, 0.6) is 0 Å². The largest absolute Gasteiger partial charge is 0.463 e. The van der Waals surface area contributed by atoms with Gasteiger partial charge >= 0.3 is 23.9 Å². The fourth-order valence-electron chi connectivity index (χ4n) is 14.0. The summed E-state index contributed by atoms with van der Waals surface area (Å²) in [6, 6.07) is 9.23. The van der Waals surface area contributed by atoms with Gasteiger partial charge in [0.15, 0.2) is 18.9 Å². The third-order valence-electron chi connectivity index (χ3n) is 22.6. The highest BCUT2D eigenvalue weighted by atomic mass is 16.7. The van der Waals surface area contributed by atoms with Gasteiger partial charge < -0.3 is 77.5 Å². The molecule has 3 N–H and O–H groups in total. The van der Waals surface area contributed by atoms with E-state index in [9.17, 15) is 52.7 Å². The minimum absolute atomic E-state index is 0.00423. The zero-order valence-electron chi connectivity index (χ0n) is 70.3. The molecule has 0 spiro atoms. The van der Waals surface area contributed by atoms with Crippen LogP contribution in [0.4, 0.5) is 0 Å². The molecule has 1 aromatic rings. The Bertz CT molecular complexity index is 2710. The number of nitrogens with one attached hydrogen (secondary N) is 3. The van der Waals surface area contributed by atoms with E-state index in [4.69, 9.17) is 61.6 Å². The van der Waals surface area contributed by atoms with Gasteiger partial charge in [0, 0.05) is 148 Å². The lowest BCUT2D eigenvalue weighted by molar-refractivity contribution is -0.255. The van der Waals surface area contributed by atoms with E-state index >= 15 is 0 Å². The minimum Gasteiger partial charge on any atom is -0.463 e. The van der Waals surface area contributed by atoms with E-state index in [-0.39, 0.29) is 237 Å². The van der Waals surface area contributed by atoms with Gasteiger partial charge in [-0.05, 0) is 118 Å². The fraction of sp³-hybridized carbons (Fsp3) is 0.802. The van der Waals surface area contributed by atoms with Gasteiger partial charge in [-0.2, -0.15) is 0 Å². The Hall–Kier alpha value is -6.17. The van der Waals surface area contributed by atoms with E-state index in [1.807, 2.05) is 30.3 Å². The van der Waals surface area contributed by atoms with Gasteiger partial charge in [0.2, 0.25) is 17.7 Å². The first-order valence-corrected chi connectivity index (χ1v) is 42.1. The fourth-order valence-corrected chi connectivity index (χ4v) is 14.0. The summed E-state index contributed by atoms with van der Waals surface area (Å²) in [5, 5.41) is 8.80. The summed E-state index contributed by atoms with van der Waals surface area (Å²) in [5.41, 5.74) is -0.566. The molecule has 0 aliphatic carbocycles. The van der Waals surface area contributed by atoms with Crippen molar-refractivity contribution in [3.05, 3.63) is 35.9 Å². The number of ether oxygens (including phenoxy) is 13. The first-order valence-electron chi connectivity index (χ1n) is 42.1. The smallest absolute Gasteiger partial charge is 0.306 e. The van der Waals surface area contributed by atoms with Gasteiger partial charge in [-0.25, -0.2) is 0 Å². The second kappa shape index (κ2) is 57.0. The number of unbranched alkanes of at least 4 members (excludes halogenated alkanes) is 7. The average Bonchev–Trinajstić information content (AvgIpc) is 0.883. The summed E-state index contributed by atoms with van der Waals surface area (Å²) < 4.78 is 76.5. The number of Topliss-reactive ketones (excluding diaryl/α,β-unsaturated/α-hetero) is 4. The second-order valence-electron chi connectivity index (χ2n) is 31.8. The van der Waals surface area contributed by atoms with E-state index in [1.165, 1.54) is 20.8 Å². The van der Waals surface area contributed by atoms with Crippen LogP contribution in [0, 0.1) is 53.3 Å². The monoisotopic (exact) mass is 1600 g/mol. The molecule has 644 valence electrons. The molecule has 3 heterocycles. The number of rotatable bonds is 62. The molecule has 3 amide bonds. The molecule has 15 atom stereocenters. The number of hydrogen-bond donors (Lipinski definition) is 3. The lowest BCUT2D eigenvalue weighted by Gasteiger charge is -2.43. The van der Waals surface area contributed by atoms with Gasteiger partial charge in [-0.15, -0.1) is 0 Å². The SMILES string of the molecule is CC(=O)OCC1OC(OCCCCC(=O)CCCCCC(=O)CCOCC(COCCC(=O)CCCCCC(=O)CCCCOC2OC(COC(C)=O)C(C)C(C)C2C)(COCCC(=O)NCCCNC(=O)CCCCOC2OC(COC(C)=O)C(C)C(C)C2C)NC(=O)CCCC(=O)OCc2ccccc2)C(C)C(C)C1C. The van der Waals surface area contributed by atoms with E-state index in [0.717, 1.165) is 5.56 Å². The summed E-state index contributed by atoms with van der Waals surface area (Å²) in [6.07, 6.45) is 8.94. The summed E-state index contributed by atoms with van der Waals surface area (Å²) in [4.78, 5) is 139. The Morgan fingerprint density at radius 2 is 0.673 bits per heavy atom. The quantitative estimate of drug-likeness (QED) is 0.0310. The molecule has 0 bridgehead atoms. The van der Waals surface area contributed by atoms with Crippen LogP contribution in [-0.2, 0) is 121 Å². The van der Waals surface area contributed by atoms with E-state index in [1.54, 1.807) is 0 Å². The van der Waals surface area contributed by atoms with Crippen LogP contribution in [0.15, 0.2) is 30.3 Å². The Kier molecular flexibility index (Phi) is 50.0. The Labute approximate surface area is 673 Å². The zero-order valence-corrected chi connectivity index (χ0v) is 70.3. The third-order valence-corrected chi connectivity index (χ3v) is 22.6. The molecule has 1 aromatic carbocycles. The lowest BCUT2D eigenvalue weighted by atomic mass is 9.79. The van der Waals surface area contributed by atoms with Crippen LogP contribution in [0.25, 0.3) is 0 Å². The Balaban J connectivity index is 1.26. The predicted octanol–water partition coefficient (Wildman–Crippen LogP) is 11.9. The van der Waals surface area contributed by atoms with Gasteiger partial charge in [0.05, 0.1) is 58.0 Å². The summed E-state index contributed by atoms with van der Waals surface area (Å²) >= 11 is 0. The van der Waals surface area contributed by atoms with Crippen molar-refractivity contribution in [2.24, 2.45) is 53.3 Å². The Morgan fingerprint density at radius 1 is 0.336 bits per heavy atom. The number of ketones is 4. The molecule has 0 radical (unpaired) electrons. The molecule has 4 rings (SSSR count). The molecule has 27 heteroatoms. The van der Waals surface area contributed by atoms with E-state index in [2.05, 4.69) is 78.3 Å². The maximum Gasteiger partial charge on any atom is 0.306 e. The van der Waals surface area contributed by atoms with Crippen molar-refractivity contribution in [1.82, 2.24) is 16.0 Å². The molecule has 0 saturated carbocycles.